The molecule has 0 radical (unpaired) electrons. The molecule has 0 bridgehead atoms. The molecule has 0 aromatic carbocycles. The van der Waals surface area contributed by atoms with Gasteiger partial charge in [0, 0.05) is 5.38 Å². The lowest BCUT2D eigenvalue weighted by molar-refractivity contribution is 0.102. The largest absolute Gasteiger partial charge is 0.442 e. The molecule has 0 aliphatic rings. The Morgan fingerprint density at radius 2 is 2.32 bits per heavy atom. The number of thiazole rings is 1. The van der Waals surface area contributed by atoms with E-state index in [9.17, 15) is 4.79 Å². The van der Waals surface area contributed by atoms with E-state index in [1.165, 1.54) is 29.1 Å². The van der Waals surface area contributed by atoms with Crippen LogP contribution in [0.25, 0.3) is 10.6 Å². The molecule has 3 rings (SSSR count). The van der Waals surface area contributed by atoms with Crippen LogP contribution in [0.15, 0.2) is 33.7 Å². The van der Waals surface area contributed by atoms with Crippen molar-refractivity contribution in [3.63, 3.8) is 0 Å². The summed E-state index contributed by atoms with van der Waals surface area (Å²) in [6.45, 7) is 1.87. The Bertz CT molecular complexity index is 700. The number of hydrogen-bond donors (Lipinski definition) is 1. The SMILES string of the molecule is Cc1csc(NC(=O)c2ncoc2-c2cccs2)n1. The van der Waals surface area contributed by atoms with E-state index < -0.39 is 0 Å². The zero-order valence-corrected chi connectivity index (χ0v) is 11.5. The molecular weight excluding hydrogens is 282 g/mol. The van der Waals surface area contributed by atoms with Crippen LogP contribution in [0.1, 0.15) is 16.2 Å². The van der Waals surface area contributed by atoms with E-state index in [1.807, 2.05) is 29.8 Å². The fourth-order valence-corrected chi connectivity index (χ4v) is 2.95. The van der Waals surface area contributed by atoms with Crippen molar-refractivity contribution in [2.75, 3.05) is 5.32 Å². The molecule has 0 spiro atoms. The lowest BCUT2D eigenvalue weighted by atomic mass is 10.3. The van der Waals surface area contributed by atoms with Crippen molar-refractivity contribution in [1.29, 1.82) is 0 Å². The summed E-state index contributed by atoms with van der Waals surface area (Å²) >= 11 is 2.88. The number of amides is 1. The number of anilines is 1. The first-order valence-electron chi connectivity index (χ1n) is 5.45. The summed E-state index contributed by atoms with van der Waals surface area (Å²) in [5.74, 6) is 0.173. The fourth-order valence-electron chi connectivity index (χ4n) is 1.56. The Kier molecular flexibility index (Phi) is 3.14. The van der Waals surface area contributed by atoms with Crippen molar-refractivity contribution in [2.24, 2.45) is 0 Å². The van der Waals surface area contributed by atoms with Gasteiger partial charge in [0.15, 0.2) is 23.0 Å². The highest BCUT2D eigenvalue weighted by molar-refractivity contribution is 7.14. The maximum Gasteiger partial charge on any atom is 0.280 e. The van der Waals surface area contributed by atoms with Gasteiger partial charge in [-0.05, 0) is 18.4 Å². The fraction of sp³-hybridized carbons (Fsp3) is 0.0833. The normalized spacial score (nSPS) is 10.6. The third kappa shape index (κ3) is 2.42. The summed E-state index contributed by atoms with van der Waals surface area (Å²) < 4.78 is 5.29. The van der Waals surface area contributed by atoms with E-state index in [2.05, 4.69) is 15.3 Å². The number of oxazole rings is 1. The van der Waals surface area contributed by atoms with Crippen LogP contribution in [-0.2, 0) is 0 Å². The third-order valence-corrected chi connectivity index (χ3v) is 4.11. The van der Waals surface area contributed by atoms with Gasteiger partial charge in [-0.1, -0.05) is 6.07 Å². The number of nitrogens with one attached hydrogen (secondary N) is 1. The van der Waals surface area contributed by atoms with E-state index in [0.29, 0.717) is 10.9 Å². The molecule has 19 heavy (non-hydrogen) atoms. The Morgan fingerprint density at radius 3 is 3.00 bits per heavy atom. The van der Waals surface area contributed by atoms with Gasteiger partial charge in [-0.2, -0.15) is 0 Å². The molecule has 0 aliphatic carbocycles. The van der Waals surface area contributed by atoms with Crippen molar-refractivity contribution in [3.8, 4) is 10.6 Å². The highest BCUT2D eigenvalue weighted by Crippen LogP contribution is 2.28. The van der Waals surface area contributed by atoms with Gasteiger partial charge < -0.3 is 4.42 Å². The minimum absolute atomic E-state index is 0.273. The highest BCUT2D eigenvalue weighted by Gasteiger charge is 2.19. The molecule has 0 fully saturated rings. The van der Waals surface area contributed by atoms with E-state index in [4.69, 9.17) is 4.42 Å². The second-order valence-electron chi connectivity index (χ2n) is 3.76. The molecule has 3 heterocycles. The molecule has 0 atom stereocenters. The number of carbonyl (C=O) groups is 1. The minimum atomic E-state index is -0.313. The molecule has 5 nitrogen and oxygen atoms in total. The van der Waals surface area contributed by atoms with Gasteiger partial charge in [0.1, 0.15) is 0 Å². The van der Waals surface area contributed by atoms with Crippen LogP contribution in [0.3, 0.4) is 0 Å². The molecule has 0 aliphatic heterocycles. The average molecular weight is 291 g/mol. The van der Waals surface area contributed by atoms with E-state index >= 15 is 0 Å². The lowest BCUT2D eigenvalue weighted by Gasteiger charge is -1.99. The summed E-state index contributed by atoms with van der Waals surface area (Å²) in [4.78, 5) is 21.2. The smallest absolute Gasteiger partial charge is 0.280 e. The molecule has 0 unspecified atom stereocenters. The monoisotopic (exact) mass is 291 g/mol. The first-order chi connectivity index (χ1) is 9.24. The van der Waals surface area contributed by atoms with E-state index in [1.54, 1.807) is 0 Å². The van der Waals surface area contributed by atoms with Gasteiger partial charge in [-0.25, -0.2) is 9.97 Å². The molecule has 1 amide bonds. The van der Waals surface area contributed by atoms with Crippen LogP contribution in [0.5, 0.6) is 0 Å². The number of hydrogen-bond acceptors (Lipinski definition) is 6. The lowest BCUT2D eigenvalue weighted by Crippen LogP contribution is -2.13. The molecule has 0 saturated heterocycles. The minimum Gasteiger partial charge on any atom is -0.442 e. The number of thiophene rings is 1. The predicted molar refractivity (Wildman–Crippen MR) is 74.6 cm³/mol. The predicted octanol–water partition coefficient (Wildman–Crippen LogP) is 3.42. The molecule has 3 aromatic heterocycles. The Balaban J connectivity index is 1.87. The van der Waals surface area contributed by atoms with Crippen LogP contribution in [0, 0.1) is 6.92 Å². The summed E-state index contributed by atoms with van der Waals surface area (Å²) in [6.07, 6.45) is 1.27. The van der Waals surface area contributed by atoms with Crippen LogP contribution >= 0.6 is 22.7 Å². The van der Waals surface area contributed by atoms with Gasteiger partial charge in [0.2, 0.25) is 0 Å². The number of aryl methyl sites for hydroxylation is 1. The standard InChI is InChI=1S/C12H9N3O2S2/c1-7-5-19-12(14-7)15-11(16)9-10(17-6-13-9)8-3-2-4-18-8/h2-6H,1H3,(H,14,15,16). The molecule has 7 heteroatoms. The number of rotatable bonds is 3. The van der Waals surface area contributed by atoms with Crippen LogP contribution in [0.2, 0.25) is 0 Å². The maximum absolute atomic E-state index is 12.1. The zero-order chi connectivity index (χ0) is 13.2. The zero-order valence-electron chi connectivity index (χ0n) is 9.91. The van der Waals surface area contributed by atoms with Crippen molar-refractivity contribution >= 4 is 33.7 Å². The summed E-state index contributed by atoms with van der Waals surface area (Å²) in [5.41, 5.74) is 1.15. The van der Waals surface area contributed by atoms with Gasteiger partial charge in [0.25, 0.3) is 5.91 Å². The van der Waals surface area contributed by atoms with Gasteiger partial charge >= 0.3 is 0 Å². The van der Waals surface area contributed by atoms with Crippen LogP contribution in [-0.4, -0.2) is 15.9 Å². The molecule has 1 N–H and O–H groups in total. The number of carbonyl (C=O) groups excluding carboxylic acids is 1. The topological polar surface area (TPSA) is 68.0 Å². The summed E-state index contributed by atoms with van der Waals surface area (Å²) in [5, 5.41) is 7.07. The Labute approximate surface area is 117 Å². The maximum atomic E-state index is 12.1. The molecule has 0 saturated carbocycles. The number of nitrogens with zero attached hydrogens (tertiary/aromatic N) is 2. The second-order valence-corrected chi connectivity index (χ2v) is 5.56. The third-order valence-electron chi connectivity index (χ3n) is 2.37. The van der Waals surface area contributed by atoms with Crippen molar-refractivity contribution in [1.82, 2.24) is 9.97 Å². The molecule has 96 valence electrons. The Hall–Kier alpha value is -1.99. The van der Waals surface area contributed by atoms with E-state index in [0.717, 1.165) is 10.6 Å². The van der Waals surface area contributed by atoms with Crippen LogP contribution in [0.4, 0.5) is 5.13 Å². The number of aromatic nitrogens is 2. The Morgan fingerprint density at radius 1 is 1.42 bits per heavy atom. The van der Waals surface area contributed by atoms with Crippen molar-refractivity contribution in [2.45, 2.75) is 6.92 Å². The first kappa shape index (κ1) is 12.1. The first-order valence-corrected chi connectivity index (χ1v) is 7.21. The van der Waals surface area contributed by atoms with Crippen molar-refractivity contribution < 1.29 is 9.21 Å². The van der Waals surface area contributed by atoms with Crippen molar-refractivity contribution in [3.05, 3.63) is 40.7 Å². The van der Waals surface area contributed by atoms with E-state index in [-0.39, 0.29) is 11.6 Å². The van der Waals surface area contributed by atoms with Gasteiger partial charge in [-0.15, -0.1) is 22.7 Å². The molecule has 3 aromatic rings. The summed E-state index contributed by atoms with van der Waals surface area (Å²) in [7, 11) is 0. The van der Waals surface area contributed by atoms with Gasteiger partial charge in [-0.3, -0.25) is 10.1 Å². The summed E-state index contributed by atoms with van der Waals surface area (Å²) in [6, 6.07) is 3.78. The average Bonchev–Trinajstić information content (AvgIpc) is 3.07. The highest BCUT2D eigenvalue weighted by atomic mass is 32.1. The van der Waals surface area contributed by atoms with Crippen LogP contribution < -0.4 is 5.32 Å². The molecular formula is C12H9N3O2S2. The van der Waals surface area contributed by atoms with Gasteiger partial charge in [0.05, 0.1) is 10.6 Å². The quantitative estimate of drug-likeness (QED) is 0.803. The second kappa shape index (κ2) is 4.94.